The molecule has 0 saturated heterocycles. The average molecular weight is 196 g/mol. The van der Waals surface area contributed by atoms with Crippen LogP contribution in [0.25, 0.3) is 0 Å². The van der Waals surface area contributed by atoms with Gasteiger partial charge in [0.15, 0.2) is 0 Å². The molecule has 1 N–H and O–H groups in total. The Morgan fingerprint density at radius 1 is 1.36 bits per heavy atom. The molecule has 1 aromatic rings. The van der Waals surface area contributed by atoms with Crippen LogP contribution in [0.5, 0.6) is 0 Å². The van der Waals surface area contributed by atoms with Crippen molar-refractivity contribution in [2.75, 3.05) is 0 Å². The van der Waals surface area contributed by atoms with Gasteiger partial charge >= 0.3 is 0 Å². The van der Waals surface area contributed by atoms with E-state index in [4.69, 9.17) is 0 Å². The van der Waals surface area contributed by atoms with E-state index >= 15 is 0 Å². The Morgan fingerprint density at radius 3 is 2.71 bits per heavy atom. The lowest BCUT2D eigenvalue weighted by atomic mass is 10.0. The zero-order valence-electron chi connectivity index (χ0n) is 8.54. The zero-order chi connectivity index (χ0) is 10.4. The predicted octanol–water partition coefficient (Wildman–Crippen LogP) is 2.92. The van der Waals surface area contributed by atoms with Crippen LogP contribution in [0.2, 0.25) is 0 Å². The summed E-state index contributed by atoms with van der Waals surface area (Å²) >= 11 is 0. The van der Waals surface area contributed by atoms with Crippen LogP contribution in [-0.2, 0) is 6.42 Å². The standard InChI is InChI=1S/C12H17FO/c1-2-11(14)8-5-7-10-6-3-4-9-12(10)13/h3-4,6,9,11,14H,2,5,7-8H2,1H3. The van der Waals surface area contributed by atoms with Gasteiger partial charge in [0.25, 0.3) is 0 Å². The van der Waals surface area contributed by atoms with E-state index in [2.05, 4.69) is 0 Å². The number of aliphatic hydroxyl groups excluding tert-OH is 1. The molecule has 1 rings (SSSR count). The summed E-state index contributed by atoms with van der Waals surface area (Å²) in [6.45, 7) is 1.95. The third-order valence-electron chi connectivity index (χ3n) is 2.41. The molecule has 0 saturated carbocycles. The summed E-state index contributed by atoms with van der Waals surface area (Å²) in [7, 11) is 0. The quantitative estimate of drug-likeness (QED) is 0.767. The van der Waals surface area contributed by atoms with Gasteiger partial charge < -0.3 is 5.11 Å². The van der Waals surface area contributed by atoms with Crippen LogP contribution in [0.3, 0.4) is 0 Å². The number of hydrogen-bond donors (Lipinski definition) is 1. The summed E-state index contributed by atoms with van der Waals surface area (Å²) in [4.78, 5) is 0. The Balaban J connectivity index is 2.35. The summed E-state index contributed by atoms with van der Waals surface area (Å²) in [6.07, 6.45) is 2.85. The van der Waals surface area contributed by atoms with Crippen LogP contribution in [0.1, 0.15) is 31.7 Å². The summed E-state index contributed by atoms with van der Waals surface area (Å²) in [6, 6.07) is 6.81. The van der Waals surface area contributed by atoms with E-state index in [0.29, 0.717) is 6.42 Å². The first-order valence-electron chi connectivity index (χ1n) is 5.15. The van der Waals surface area contributed by atoms with Crippen molar-refractivity contribution in [2.24, 2.45) is 0 Å². The second-order valence-corrected chi connectivity index (χ2v) is 3.55. The van der Waals surface area contributed by atoms with Crippen molar-refractivity contribution in [3.63, 3.8) is 0 Å². The second kappa shape index (κ2) is 5.76. The molecule has 0 aliphatic rings. The highest BCUT2D eigenvalue weighted by molar-refractivity contribution is 5.17. The highest BCUT2D eigenvalue weighted by atomic mass is 19.1. The first kappa shape index (κ1) is 11.2. The third-order valence-corrected chi connectivity index (χ3v) is 2.41. The van der Waals surface area contributed by atoms with Gasteiger partial charge in [-0.2, -0.15) is 0 Å². The smallest absolute Gasteiger partial charge is 0.126 e. The van der Waals surface area contributed by atoms with Gasteiger partial charge in [0.1, 0.15) is 5.82 Å². The zero-order valence-corrected chi connectivity index (χ0v) is 8.54. The van der Waals surface area contributed by atoms with Crippen molar-refractivity contribution in [3.8, 4) is 0 Å². The maximum atomic E-state index is 13.1. The molecule has 78 valence electrons. The minimum absolute atomic E-state index is 0.140. The topological polar surface area (TPSA) is 20.2 Å². The molecule has 1 aromatic carbocycles. The van der Waals surface area contributed by atoms with E-state index in [1.54, 1.807) is 12.1 Å². The van der Waals surface area contributed by atoms with Crippen molar-refractivity contribution in [2.45, 2.75) is 38.7 Å². The molecule has 0 heterocycles. The maximum absolute atomic E-state index is 13.1. The average Bonchev–Trinajstić information content (AvgIpc) is 2.20. The second-order valence-electron chi connectivity index (χ2n) is 3.55. The molecule has 2 heteroatoms. The number of rotatable bonds is 5. The third kappa shape index (κ3) is 3.46. The molecular formula is C12H17FO. The van der Waals surface area contributed by atoms with Crippen LogP contribution in [-0.4, -0.2) is 11.2 Å². The largest absolute Gasteiger partial charge is 0.393 e. The van der Waals surface area contributed by atoms with Gasteiger partial charge in [-0.15, -0.1) is 0 Å². The molecule has 0 aromatic heterocycles. The molecule has 1 atom stereocenters. The van der Waals surface area contributed by atoms with Crippen LogP contribution >= 0.6 is 0 Å². The minimum Gasteiger partial charge on any atom is -0.393 e. The van der Waals surface area contributed by atoms with E-state index in [1.807, 2.05) is 13.0 Å². The molecule has 0 fully saturated rings. The fraction of sp³-hybridized carbons (Fsp3) is 0.500. The Hall–Kier alpha value is -0.890. The SMILES string of the molecule is CCC(O)CCCc1ccccc1F. The molecule has 1 nitrogen and oxygen atoms in total. The maximum Gasteiger partial charge on any atom is 0.126 e. The molecule has 0 aliphatic carbocycles. The minimum atomic E-state index is -0.234. The number of aliphatic hydroxyl groups is 1. The van der Waals surface area contributed by atoms with Crippen LogP contribution in [0.4, 0.5) is 4.39 Å². The van der Waals surface area contributed by atoms with Gasteiger partial charge in [-0.3, -0.25) is 0 Å². The number of hydrogen-bond acceptors (Lipinski definition) is 1. The highest BCUT2D eigenvalue weighted by Crippen LogP contribution is 2.11. The first-order chi connectivity index (χ1) is 6.74. The normalized spacial score (nSPS) is 12.8. The Morgan fingerprint density at radius 2 is 2.07 bits per heavy atom. The lowest BCUT2D eigenvalue weighted by Crippen LogP contribution is -2.04. The van der Waals surface area contributed by atoms with Crippen molar-refractivity contribution in [1.29, 1.82) is 0 Å². The molecule has 0 spiro atoms. The van der Waals surface area contributed by atoms with Gasteiger partial charge in [-0.05, 0) is 37.3 Å². The van der Waals surface area contributed by atoms with Crippen molar-refractivity contribution >= 4 is 0 Å². The number of benzene rings is 1. The molecule has 0 amide bonds. The summed E-state index contributed by atoms with van der Waals surface area (Å²) in [5, 5.41) is 9.31. The van der Waals surface area contributed by atoms with E-state index < -0.39 is 0 Å². The van der Waals surface area contributed by atoms with Crippen LogP contribution < -0.4 is 0 Å². The van der Waals surface area contributed by atoms with Crippen molar-refractivity contribution in [3.05, 3.63) is 35.6 Å². The summed E-state index contributed by atoms with van der Waals surface area (Å²) < 4.78 is 13.1. The van der Waals surface area contributed by atoms with Gasteiger partial charge in [-0.25, -0.2) is 4.39 Å². The van der Waals surface area contributed by atoms with Gasteiger partial charge in [0.2, 0.25) is 0 Å². The van der Waals surface area contributed by atoms with Gasteiger partial charge in [-0.1, -0.05) is 25.1 Å². The Kier molecular flexibility index (Phi) is 4.60. The van der Waals surface area contributed by atoms with E-state index in [-0.39, 0.29) is 11.9 Å². The fourth-order valence-electron chi connectivity index (χ4n) is 1.43. The molecule has 0 bridgehead atoms. The van der Waals surface area contributed by atoms with Crippen LogP contribution in [0, 0.1) is 5.82 Å². The van der Waals surface area contributed by atoms with Crippen molar-refractivity contribution in [1.82, 2.24) is 0 Å². The molecule has 0 radical (unpaired) electrons. The van der Waals surface area contributed by atoms with Gasteiger partial charge in [0, 0.05) is 0 Å². The van der Waals surface area contributed by atoms with E-state index in [0.717, 1.165) is 24.8 Å². The number of halogens is 1. The lowest BCUT2D eigenvalue weighted by Gasteiger charge is -2.07. The molecular weight excluding hydrogens is 179 g/mol. The summed E-state index contributed by atoms with van der Waals surface area (Å²) in [5.74, 6) is -0.140. The van der Waals surface area contributed by atoms with E-state index in [9.17, 15) is 9.50 Å². The lowest BCUT2D eigenvalue weighted by molar-refractivity contribution is 0.157. The van der Waals surface area contributed by atoms with E-state index in [1.165, 1.54) is 6.07 Å². The predicted molar refractivity (Wildman–Crippen MR) is 55.6 cm³/mol. The van der Waals surface area contributed by atoms with Crippen LogP contribution in [0.15, 0.2) is 24.3 Å². The molecule has 0 aliphatic heterocycles. The number of aryl methyl sites for hydroxylation is 1. The summed E-state index contributed by atoms with van der Waals surface area (Å²) in [5.41, 5.74) is 0.746. The molecule has 1 unspecified atom stereocenters. The Labute approximate surface area is 84.6 Å². The monoisotopic (exact) mass is 196 g/mol. The Bertz CT molecular complexity index is 273. The fourth-order valence-corrected chi connectivity index (χ4v) is 1.43. The first-order valence-corrected chi connectivity index (χ1v) is 5.15. The van der Waals surface area contributed by atoms with Crippen molar-refractivity contribution < 1.29 is 9.50 Å². The van der Waals surface area contributed by atoms with Gasteiger partial charge in [0.05, 0.1) is 6.10 Å². The highest BCUT2D eigenvalue weighted by Gasteiger charge is 2.03. The molecule has 14 heavy (non-hydrogen) atoms.